The standard InChI is InChI=1S/C11H20O/c1-2-3-4-9-5-8-6-10(9)11(12)7-8/h8-12H,2-7H2,1H3. The molecule has 0 spiro atoms. The van der Waals surface area contributed by atoms with Gasteiger partial charge < -0.3 is 5.11 Å². The van der Waals surface area contributed by atoms with Crippen LogP contribution in [0.3, 0.4) is 0 Å². The van der Waals surface area contributed by atoms with Crippen LogP contribution in [0.15, 0.2) is 0 Å². The van der Waals surface area contributed by atoms with Gasteiger partial charge in [-0.15, -0.1) is 0 Å². The maximum Gasteiger partial charge on any atom is 0.0573 e. The fourth-order valence-corrected chi connectivity index (χ4v) is 3.25. The van der Waals surface area contributed by atoms with Crippen molar-refractivity contribution >= 4 is 0 Å². The number of rotatable bonds is 3. The zero-order chi connectivity index (χ0) is 8.55. The van der Waals surface area contributed by atoms with E-state index in [9.17, 15) is 5.11 Å². The SMILES string of the molecule is CCCCC1CC2CC(O)C1C2. The highest BCUT2D eigenvalue weighted by molar-refractivity contribution is 4.95. The fourth-order valence-electron chi connectivity index (χ4n) is 3.25. The lowest BCUT2D eigenvalue weighted by Gasteiger charge is -2.25. The lowest BCUT2D eigenvalue weighted by atomic mass is 9.83. The Morgan fingerprint density at radius 3 is 2.67 bits per heavy atom. The topological polar surface area (TPSA) is 20.2 Å². The highest BCUT2D eigenvalue weighted by Gasteiger charge is 2.44. The Morgan fingerprint density at radius 1 is 1.25 bits per heavy atom. The van der Waals surface area contributed by atoms with Crippen LogP contribution in [0.25, 0.3) is 0 Å². The molecule has 2 saturated carbocycles. The second-order valence-electron chi connectivity index (χ2n) is 4.71. The number of fused-ring (bicyclic) bond motifs is 2. The zero-order valence-corrected chi connectivity index (χ0v) is 8.00. The molecule has 0 heterocycles. The summed E-state index contributed by atoms with van der Waals surface area (Å²) in [7, 11) is 0. The Labute approximate surface area is 75.2 Å². The van der Waals surface area contributed by atoms with Gasteiger partial charge in [0.25, 0.3) is 0 Å². The van der Waals surface area contributed by atoms with Crippen LogP contribution in [0.5, 0.6) is 0 Å². The second kappa shape index (κ2) is 3.37. The molecule has 0 saturated heterocycles. The monoisotopic (exact) mass is 168 g/mol. The van der Waals surface area contributed by atoms with Crippen molar-refractivity contribution in [1.82, 2.24) is 0 Å². The summed E-state index contributed by atoms with van der Waals surface area (Å²) in [4.78, 5) is 0. The molecule has 1 N–H and O–H groups in total. The van der Waals surface area contributed by atoms with Crippen molar-refractivity contribution in [3.8, 4) is 0 Å². The third kappa shape index (κ3) is 1.39. The molecule has 2 fully saturated rings. The van der Waals surface area contributed by atoms with Crippen LogP contribution in [-0.4, -0.2) is 11.2 Å². The van der Waals surface area contributed by atoms with Crippen LogP contribution in [0.2, 0.25) is 0 Å². The number of unbranched alkanes of at least 4 members (excludes halogenated alkanes) is 1. The van der Waals surface area contributed by atoms with Gasteiger partial charge in [0.2, 0.25) is 0 Å². The van der Waals surface area contributed by atoms with Gasteiger partial charge in [-0.1, -0.05) is 26.2 Å². The Hall–Kier alpha value is -0.0400. The Balaban J connectivity index is 1.85. The van der Waals surface area contributed by atoms with Gasteiger partial charge in [-0.3, -0.25) is 0 Å². The van der Waals surface area contributed by atoms with Crippen molar-refractivity contribution in [3.63, 3.8) is 0 Å². The molecule has 0 aromatic rings. The van der Waals surface area contributed by atoms with Crippen molar-refractivity contribution in [2.45, 2.75) is 51.6 Å². The summed E-state index contributed by atoms with van der Waals surface area (Å²) in [5, 5.41) is 9.69. The third-order valence-electron chi connectivity index (χ3n) is 3.84. The van der Waals surface area contributed by atoms with E-state index in [0.717, 1.165) is 18.3 Å². The van der Waals surface area contributed by atoms with Crippen LogP contribution in [0.4, 0.5) is 0 Å². The molecule has 0 aromatic heterocycles. The molecule has 4 unspecified atom stereocenters. The van der Waals surface area contributed by atoms with Crippen molar-refractivity contribution in [1.29, 1.82) is 0 Å². The molecule has 2 aliphatic rings. The van der Waals surface area contributed by atoms with Gasteiger partial charge in [0, 0.05) is 0 Å². The molecule has 0 radical (unpaired) electrons. The van der Waals surface area contributed by atoms with Gasteiger partial charge in [-0.25, -0.2) is 0 Å². The number of hydrogen-bond acceptors (Lipinski definition) is 1. The largest absolute Gasteiger partial charge is 0.393 e. The molecule has 2 rings (SSSR count). The van der Waals surface area contributed by atoms with Crippen molar-refractivity contribution in [2.75, 3.05) is 0 Å². The van der Waals surface area contributed by atoms with E-state index in [1.165, 1.54) is 32.1 Å². The number of hydrogen-bond donors (Lipinski definition) is 1. The summed E-state index contributed by atoms with van der Waals surface area (Å²) in [5.41, 5.74) is 0. The fraction of sp³-hybridized carbons (Fsp3) is 1.00. The lowest BCUT2D eigenvalue weighted by Crippen LogP contribution is -2.24. The molecule has 0 amide bonds. The first-order chi connectivity index (χ1) is 5.81. The minimum absolute atomic E-state index is 0.0607. The molecular weight excluding hydrogens is 148 g/mol. The van der Waals surface area contributed by atoms with Crippen LogP contribution >= 0.6 is 0 Å². The van der Waals surface area contributed by atoms with E-state index in [4.69, 9.17) is 0 Å². The lowest BCUT2D eigenvalue weighted by molar-refractivity contribution is 0.0772. The summed E-state index contributed by atoms with van der Waals surface area (Å²) in [6, 6.07) is 0. The molecule has 0 aromatic carbocycles. The maximum absolute atomic E-state index is 9.69. The minimum Gasteiger partial charge on any atom is -0.393 e. The molecule has 2 aliphatic carbocycles. The third-order valence-corrected chi connectivity index (χ3v) is 3.84. The maximum atomic E-state index is 9.69. The van der Waals surface area contributed by atoms with Crippen LogP contribution < -0.4 is 0 Å². The van der Waals surface area contributed by atoms with Gasteiger partial charge in [0.1, 0.15) is 0 Å². The summed E-state index contributed by atoms with van der Waals surface area (Å²) < 4.78 is 0. The first-order valence-electron chi connectivity index (χ1n) is 5.49. The van der Waals surface area contributed by atoms with E-state index in [0.29, 0.717) is 5.92 Å². The molecule has 12 heavy (non-hydrogen) atoms. The average Bonchev–Trinajstić information content (AvgIpc) is 2.58. The van der Waals surface area contributed by atoms with Crippen molar-refractivity contribution in [3.05, 3.63) is 0 Å². The van der Waals surface area contributed by atoms with E-state index in [1.54, 1.807) is 0 Å². The number of aliphatic hydroxyl groups is 1. The van der Waals surface area contributed by atoms with Crippen molar-refractivity contribution < 1.29 is 5.11 Å². The predicted molar refractivity (Wildman–Crippen MR) is 49.9 cm³/mol. The summed E-state index contributed by atoms with van der Waals surface area (Å²) in [5.74, 6) is 2.44. The molecule has 2 bridgehead atoms. The Kier molecular flexibility index (Phi) is 2.40. The summed E-state index contributed by atoms with van der Waals surface area (Å²) in [6.45, 7) is 2.25. The van der Waals surface area contributed by atoms with Gasteiger partial charge >= 0.3 is 0 Å². The normalized spacial score (nSPS) is 45.5. The van der Waals surface area contributed by atoms with E-state index >= 15 is 0 Å². The molecule has 70 valence electrons. The summed E-state index contributed by atoms with van der Waals surface area (Å²) >= 11 is 0. The quantitative estimate of drug-likeness (QED) is 0.686. The molecular formula is C11H20O. The van der Waals surface area contributed by atoms with Gasteiger partial charge in [-0.2, -0.15) is 0 Å². The molecule has 4 atom stereocenters. The van der Waals surface area contributed by atoms with Gasteiger partial charge in [0.15, 0.2) is 0 Å². The van der Waals surface area contributed by atoms with E-state index in [1.807, 2.05) is 0 Å². The zero-order valence-electron chi connectivity index (χ0n) is 8.00. The Morgan fingerprint density at radius 2 is 2.08 bits per heavy atom. The van der Waals surface area contributed by atoms with Crippen LogP contribution in [0.1, 0.15) is 45.4 Å². The minimum atomic E-state index is 0.0607. The average molecular weight is 168 g/mol. The van der Waals surface area contributed by atoms with E-state index < -0.39 is 0 Å². The predicted octanol–water partition coefficient (Wildman–Crippen LogP) is 2.58. The number of aliphatic hydroxyl groups excluding tert-OH is 1. The highest BCUT2D eigenvalue weighted by atomic mass is 16.3. The van der Waals surface area contributed by atoms with Gasteiger partial charge in [-0.05, 0) is 37.0 Å². The van der Waals surface area contributed by atoms with Gasteiger partial charge in [0.05, 0.1) is 6.10 Å². The molecule has 0 aliphatic heterocycles. The van der Waals surface area contributed by atoms with Crippen LogP contribution in [-0.2, 0) is 0 Å². The first-order valence-corrected chi connectivity index (χ1v) is 5.49. The molecule has 1 heteroatoms. The Bertz CT molecular complexity index is 155. The molecule has 1 nitrogen and oxygen atoms in total. The smallest absolute Gasteiger partial charge is 0.0573 e. The van der Waals surface area contributed by atoms with E-state index in [-0.39, 0.29) is 6.10 Å². The second-order valence-corrected chi connectivity index (χ2v) is 4.71. The highest BCUT2D eigenvalue weighted by Crippen LogP contribution is 2.50. The summed E-state index contributed by atoms with van der Waals surface area (Å²) in [6.07, 6.45) is 7.95. The first kappa shape index (κ1) is 8.55. The van der Waals surface area contributed by atoms with E-state index in [2.05, 4.69) is 6.92 Å². The van der Waals surface area contributed by atoms with Crippen LogP contribution in [0, 0.1) is 17.8 Å². The van der Waals surface area contributed by atoms with Crippen molar-refractivity contribution in [2.24, 2.45) is 17.8 Å².